The van der Waals surface area contributed by atoms with Crippen molar-refractivity contribution in [3.63, 3.8) is 0 Å². The lowest BCUT2D eigenvalue weighted by atomic mass is 10.1. The standard InChI is InChI=1S/C25H23ClN4OS.ClH/c26-19-7-3-5-17(15-19)24(31)28-21-9-2-1-8-20(21)25-29-23-18(6-4-10-22(23)32-25)16-30-13-11-27-12-14-30;/h1-10,15,27H,11-14,16H2,(H,28,31);1H. The van der Waals surface area contributed by atoms with Crippen LogP contribution in [0.5, 0.6) is 0 Å². The molecule has 33 heavy (non-hydrogen) atoms. The van der Waals surface area contributed by atoms with Crippen LogP contribution < -0.4 is 10.6 Å². The Morgan fingerprint density at radius 2 is 1.85 bits per heavy atom. The second-order valence-corrected chi connectivity index (χ2v) is 9.29. The first-order valence-corrected chi connectivity index (χ1v) is 11.8. The molecule has 0 aliphatic carbocycles. The largest absolute Gasteiger partial charge is 0.321 e. The van der Waals surface area contributed by atoms with Crippen molar-refractivity contribution in [1.29, 1.82) is 0 Å². The molecule has 1 aromatic heterocycles. The minimum atomic E-state index is -0.194. The summed E-state index contributed by atoms with van der Waals surface area (Å²) in [6.45, 7) is 5.04. The molecule has 1 fully saturated rings. The van der Waals surface area contributed by atoms with E-state index in [1.807, 2.05) is 24.3 Å². The predicted molar refractivity (Wildman–Crippen MR) is 140 cm³/mol. The van der Waals surface area contributed by atoms with Crippen molar-refractivity contribution in [2.45, 2.75) is 6.54 Å². The van der Waals surface area contributed by atoms with Gasteiger partial charge in [0.25, 0.3) is 5.91 Å². The van der Waals surface area contributed by atoms with Crippen LogP contribution >= 0.6 is 35.3 Å². The maximum atomic E-state index is 12.8. The lowest BCUT2D eigenvalue weighted by molar-refractivity contribution is 0.102. The van der Waals surface area contributed by atoms with Crippen LogP contribution in [0.2, 0.25) is 5.02 Å². The maximum Gasteiger partial charge on any atom is 0.255 e. The van der Waals surface area contributed by atoms with Gasteiger partial charge in [-0.15, -0.1) is 23.7 Å². The molecular weight excluding hydrogens is 475 g/mol. The van der Waals surface area contributed by atoms with Gasteiger partial charge in [-0.3, -0.25) is 9.69 Å². The molecule has 4 aromatic rings. The minimum absolute atomic E-state index is 0. The summed E-state index contributed by atoms with van der Waals surface area (Å²) in [7, 11) is 0. The van der Waals surface area contributed by atoms with E-state index in [9.17, 15) is 4.79 Å². The van der Waals surface area contributed by atoms with E-state index in [1.54, 1.807) is 35.6 Å². The molecule has 0 spiro atoms. The molecule has 0 unspecified atom stereocenters. The summed E-state index contributed by atoms with van der Waals surface area (Å²) in [5.41, 5.74) is 4.46. The number of anilines is 1. The molecule has 1 saturated heterocycles. The Morgan fingerprint density at radius 3 is 2.67 bits per heavy atom. The van der Waals surface area contributed by atoms with Crippen molar-refractivity contribution in [2.24, 2.45) is 0 Å². The molecule has 3 aromatic carbocycles. The molecule has 8 heteroatoms. The molecule has 5 rings (SSSR count). The molecule has 2 N–H and O–H groups in total. The van der Waals surface area contributed by atoms with Gasteiger partial charge in [0.15, 0.2) is 0 Å². The monoisotopic (exact) mass is 498 g/mol. The number of nitrogens with zero attached hydrogens (tertiary/aromatic N) is 2. The molecule has 0 saturated carbocycles. The van der Waals surface area contributed by atoms with Gasteiger partial charge in [-0.05, 0) is 42.0 Å². The van der Waals surface area contributed by atoms with Gasteiger partial charge in [0.05, 0.1) is 15.9 Å². The Hall–Kier alpha value is -2.48. The fourth-order valence-electron chi connectivity index (χ4n) is 3.96. The highest BCUT2D eigenvalue weighted by Crippen LogP contribution is 2.36. The number of hydrogen-bond acceptors (Lipinski definition) is 5. The van der Waals surface area contributed by atoms with Crippen LogP contribution in [0.25, 0.3) is 20.8 Å². The molecule has 0 radical (unpaired) electrons. The highest BCUT2D eigenvalue weighted by Gasteiger charge is 2.17. The zero-order chi connectivity index (χ0) is 21.9. The van der Waals surface area contributed by atoms with E-state index in [4.69, 9.17) is 16.6 Å². The average Bonchev–Trinajstić information content (AvgIpc) is 3.25. The molecule has 1 amide bonds. The number of halogens is 2. The van der Waals surface area contributed by atoms with Crippen LogP contribution in [-0.2, 0) is 6.54 Å². The van der Waals surface area contributed by atoms with Crippen LogP contribution in [0.3, 0.4) is 0 Å². The first-order chi connectivity index (χ1) is 15.7. The summed E-state index contributed by atoms with van der Waals surface area (Å²) >= 11 is 7.71. The summed E-state index contributed by atoms with van der Waals surface area (Å²) in [4.78, 5) is 20.3. The Labute approximate surface area is 208 Å². The van der Waals surface area contributed by atoms with Gasteiger partial charge < -0.3 is 10.6 Å². The van der Waals surface area contributed by atoms with E-state index in [-0.39, 0.29) is 18.3 Å². The smallest absolute Gasteiger partial charge is 0.255 e. The number of rotatable bonds is 5. The van der Waals surface area contributed by atoms with E-state index in [2.05, 4.69) is 33.7 Å². The van der Waals surface area contributed by atoms with Crippen molar-refractivity contribution in [3.05, 3.63) is 82.9 Å². The maximum absolute atomic E-state index is 12.8. The number of aromatic nitrogens is 1. The normalized spacial score (nSPS) is 14.1. The summed E-state index contributed by atoms with van der Waals surface area (Å²) < 4.78 is 1.16. The van der Waals surface area contributed by atoms with Gasteiger partial charge in [-0.25, -0.2) is 4.98 Å². The number of hydrogen-bond donors (Lipinski definition) is 2. The lowest BCUT2D eigenvalue weighted by Gasteiger charge is -2.27. The van der Waals surface area contributed by atoms with E-state index < -0.39 is 0 Å². The first kappa shape index (κ1) is 23.7. The van der Waals surface area contributed by atoms with Gasteiger partial charge in [0, 0.05) is 48.9 Å². The number of nitrogens with one attached hydrogen (secondary N) is 2. The summed E-state index contributed by atoms with van der Waals surface area (Å²) in [6.07, 6.45) is 0. The third-order valence-corrected chi connectivity index (χ3v) is 6.89. The second-order valence-electron chi connectivity index (χ2n) is 7.82. The highest BCUT2D eigenvalue weighted by atomic mass is 35.5. The third-order valence-electron chi connectivity index (χ3n) is 5.60. The van der Waals surface area contributed by atoms with E-state index >= 15 is 0 Å². The fraction of sp³-hybridized carbons (Fsp3) is 0.200. The molecule has 2 heterocycles. The fourth-order valence-corrected chi connectivity index (χ4v) is 5.20. The topological polar surface area (TPSA) is 57.3 Å². The van der Waals surface area contributed by atoms with Crippen LogP contribution in [0.15, 0.2) is 66.7 Å². The number of piperazine rings is 1. The summed E-state index contributed by atoms with van der Waals surface area (Å²) in [5, 5.41) is 7.87. The average molecular weight is 499 g/mol. The second kappa shape index (κ2) is 10.6. The summed E-state index contributed by atoms with van der Waals surface area (Å²) in [6, 6.07) is 21.1. The number of carbonyl (C=O) groups excluding carboxylic acids is 1. The number of carbonyl (C=O) groups is 1. The molecule has 1 aliphatic rings. The lowest BCUT2D eigenvalue weighted by Crippen LogP contribution is -2.42. The van der Waals surface area contributed by atoms with Crippen LogP contribution in [0.1, 0.15) is 15.9 Å². The van der Waals surface area contributed by atoms with Gasteiger partial charge in [-0.2, -0.15) is 0 Å². The zero-order valence-corrected chi connectivity index (χ0v) is 20.3. The molecule has 0 bridgehead atoms. The van der Waals surface area contributed by atoms with Crippen molar-refractivity contribution < 1.29 is 4.79 Å². The molecule has 1 aliphatic heterocycles. The molecule has 5 nitrogen and oxygen atoms in total. The first-order valence-electron chi connectivity index (χ1n) is 10.7. The van der Waals surface area contributed by atoms with Crippen LogP contribution in [-0.4, -0.2) is 42.0 Å². The van der Waals surface area contributed by atoms with Gasteiger partial charge in [0.2, 0.25) is 0 Å². The minimum Gasteiger partial charge on any atom is -0.321 e. The zero-order valence-electron chi connectivity index (χ0n) is 17.9. The predicted octanol–water partition coefficient (Wildman–Crippen LogP) is 5.70. The van der Waals surface area contributed by atoms with Crippen molar-refractivity contribution in [3.8, 4) is 10.6 Å². The number of para-hydroxylation sites is 2. The van der Waals surface area contributed by atoms with E-state index in [0.717, 1.165) is 59.2 Å². The molecular formula is C25H24Cl2N4OS. The van der Waals surface area contributed by atoms with Gasteiger partial charge >= 0.3 is 0 Å². The Kier molecular flexibility index (Phi) is 7.63. The Balaban J connectivity index is 0.00000259. The summed E-state index contributed by atoms with van der Waals surface area (Å²) in [5.74, 6) is -0.194. The number of benzene rings is 3. The number of thiazole rings is 1. The van der Waals surface area contributed by atoms with Crippen LogP contribution in [0.4, 0.5) is 5.69 Å². The number of amides is 1. The van der Waals surface area contributed by atoms with E-state index in [0.29, 0.717) is 10.6 Å². The van der Waals surface area contributed by atoms with Gasteiger partial charge in [-0.1, -0.05) is 41.9 Å². The van der Waals surface area contributed by atoms with Crippen molar-refractivity contribution >= 4 is 57.2 Å². The Bertz CT molecular complexity index is 1270. The van der Waals surface area contributed by atoms with E-state index in [1.165, 1.54) is 5.56 Å². The quantitative estimate of drug-likeness (QED) is 0.370. The SMILES string of the molecule is Cl.O=C(Nc1ccccc1-c1nc2c(CN3CCNCC3)cccc2s1)c1cccc(Cl)c1. The Morgan fingerprint density at radius 1 is 1.06 bits per heavy atom. The van der Waals surface area contributed by atoms with Crippen molar-refractivity contribution in [1.82, 2.24) is 15.2 Å². The van der Waals surface area contributed by atoms with Gasteiger partial charge in [0.1, 0.15) is 5.01 Å². The third kappa shape index (κ3) is 5.37. The number of fused-ring (bicyclic) bond motifs is 1. The molecule has 170 valence electrons. The molecule has 0 atom stereocenters. The van der Waals surface area contributed by atoms with Crippen molar-refractivity contribution in [2.75, 3.05) is 31.5 Å². The highest BCUT2D eigenvalue weighted by molar-refractivity contribution is 7.21. The van der Waals surface area contributed by atoms with Crippen LogP contribution in [0, 0.1) is 0 Å².